The lowest BCUT2D eigenvalue weighted by Gasteiger charge is -2.43. The summed E-state index contributed by atoms with van der Waals surface area (Å²) in [6.07, 6.45) is 6.88. The molecule has 0 N–H and O–H groups in total. The van der Waals surface area contributed by atoms with E-state index in [1.165, 1.54) is 5.57 Å². The summed E-state index contributed by atoms with van der Waals surface area (Å²) in [6, 6.07) is 9.14. The van der Waals surface area contributed by atoms with Gasteiger partial charge in [0.05, 0.1) is 12.4 Å². The first-order valence-electron chi connectivity index (χ1n) is 12.3. The van der Waals surface area contributed by atoms with Crippen LogP contribution in [0.15, 0.2) is 53.8 Å². The molecular formula is C29H44O4. The summed E-state index contributed by atoms with van der Waals surface area (Å²) in [6.45, 7) is 18.6. The van der Waals surface area contributed by atoms with Crippen LogP contribution in [0.2, 0.25) is 0 Å². The number of hydrogen-bond acceptors (Lipinski definition) is 4. The number of para-hydroxylation sites is 1. The highest BCUT2D eigenvalue weighted by atomic mass is 16.7. The molecule has 0 spiro atoms. The second kappa shape index (κ2) is 11.9. The molecule has 0 aromatic heterocycles. The molecule has 1 aromatic carbocycles. The zero-order chi connectivity index (χ0) is 24.6. The summed E-state index contributed by atoms with van der Waals surface area (Å²) in [5.41, 5.74) is 1.92. The topological polar surface area (TPSA) is 44.8 Å². The lowest BCUT2D eigenvalue weighted by Crippen LogP contribution is -2.34. The Morgan fingerprint density at radius 3 is 2.09 bits per heavy atom. The third-order valence-corrected chi connectivity index (χ3v) is 5.84. The van der Waals surface area contributed by atoms with Crippen LogP contribution in [0.25, 0.3) is 0 Å². The highest BCUT2D eigenvalue weighted by Gasteiger charge is 2.37. The number of esters is 1. The maximum absolute atomic E-state index is 12.0. The summed E-state index contributed by atoms with van der Waals surface area (Å²) >= 11 is 0. The predicted molar refractivity (Wildman–Crippen MR) is 135 cm³/mol. The number of hydrogen-bond donors (Lipinski definition) is 0. The molecule has 33 heavy (non-hydrogen) atoms. The molecule has 0 amide bonds. The zero-order valence-corrected chi connectivity index (χ0v) is 21.9. The van der Waals surface area contributed by atoms with Crippen molar-refractivity contribution in [3.05, 3.63) is 53.8 Å². The average molecular weight is 457 g/mol. The first kappa shape index (κ1) is 27.2. The molecule has 0 radical (unpaired) electrons. The Morgan fingerprint density at radius 2 is 1.58 bits per heavy atom. The predicted octanol–water partition coefficient (Wildman–Crippen LogP) is 7.70. The van der Waals surface area contributed by atoms with E-state index < -0.39 is 0 Å². The van der Waals surface area contributed by atoms with Crippen molar-refractivity contribution < 1.29 is 19.0 Å². The minimum atomic E-state index is -0.322. The fourth-order valence-electron chi connectivity index (χ4n) is 4.98. The molecule has 1 unspecified atom stereocenters. The van der Waals surface area contributed by atoms with Crippen molar-refractivity contribution in [1.29, 1.82) is 0 Å². The lowest BCUT2D eigenvalue weighted by atomic mass is 9.62. The minimum Gasteiger partial charge on any atom is -0.469 e. The van der Waals surface area contributed by atoms with E-state index in [4.69, 9.17) is 14.2 Å². The number of ether oxygens (including phenoxy) is 3. The van der Waals surface area contributed by atoms with Gasteiger partial charge in [-0.15, -0.1) is 0 Å². The van der Waals surface area contributed by atoms with E-state index in [2.05, 4.69) is 67.5 Å². The molecule has 0 fully saturated rings. The fourth-order valence-corrected chi connectivity index (χ4v) is 4.98. The number of allylic oxidation sites excluding steroid dienone is 4. The van der Waals surface area contributed by atoms with Crippen LogP contribution in [0, 0.1) is 22.7 Å². The van der Waals surface area contributed by atoms with Crippen molar-refractivity contribution in [2.24, 2.45) is 22.7 Å². The van der Waals surface area contributed by atoms with Crippen molar-refractivity contribution in [2.75, 3.05) is 6.61 Å². The van der Waals surface area contributed by atoms with E-state index in [9.17, 15) is 4.79 Å². The number of carbonyl (C=O) groups excluding carboxylic acids is 1. The van der Waals surface area contributed by atoms with Crippen LogP contribution >= 0.6 is 0 Å². The van der Waals surface area contributed by atoms with Gasteiger partial charge in [0.1, 0.15) is 5.75 Å². The largest absolute Gasteiger partial charge is 0.469 e. The van der Waals surface area contributed by atoms with E-state index in [0.29, 0.717) is 31.1 Å². The van der Waals surface area contributed by atoms with Crippen molar-refractivity contribution in [1.82, 2.24) is 0 Å². The second-order valence-electron chi connectivity index (χ2n) is 11.5. The molecule has 0 heterocycles. The fraction of sp³-hybridized carbons (Fsp3) is 0.621. The standard InChI is InChI=1S/C29H44O4/c1-21(2)27(31-20-12-15-25(30)32-23-13-10-9-11-14-23)33-24-18-16-22(17-19-24)26(28(3,4)5)29(6,7)8/h9-11,13-14,16,18,21,26-27H,12,15,17,19-20H2,1-8H3. The highest BCUT2D eigenvalue weighted by molar-refractivity contribution is 5.72. The third-order valence-electron chi connectivity index (χ3n) is 5.84. The molecule has 1 atom stereocenters. The van der Waals surface area contributed by atoms with Gasteiger partial charge < -0.3 is 14.2 Å². The lowest BCUT2D eigenvalue weighted by molar-refractivity contribution is -0.147. The monoisotopic (exact) mass is 456 g/mol. The van der Waals surface area contributed by atoms with Gasteiger partial charge in [-0.1, -0.05) is 85.2 Å². The molecule has 1 aromatic rings. The van der Waals surface area contributed by atoms with E-state index in [1.54, 1.807) is 12.1 Å². The van der Waals surface area contributed by atoms with Gasteiger partial charge in [0.2, 0.25) is 6.29 Å². The minimum absolute atomic E-state index is 0.210. The summed E-state index contributed by atoms with van der Waals surface area (Å²) < 4.78 is 17.6. The van der Waals surface area contributed by atoms with Crippen LogP contribution in [0.1, 0.15) is 81.1 Å². The normalized spacial score (nSPS) is 15.8. The highest BCUT2D eigenvalue weighted by Crippen LogP contribution is 2.47. The van der Waals surface area contributed by atoms with Crippen molar-refractivity contribution >= 4 is 5.97 Å². The Bertz CT molecular complexity index is 792. The molecule has 0 saturated heterocycles. The summed E-state index contributed by atoms with van der Waals surface area (Å²) in [5.74, 6) is 2.03. The van der Waals surface area contributed by atoms with Gasteiger partial charge in [-0.2, -0.15) is 0 Å². The van der Waals surface area contributed by atoms with E-state index in [-0.39, 0.29) is 29.0 Å². The first-order valence-corrected chi connectivity index (χ1v) is 12.3. The van der Waals surface area contributed by atoms with Crippen molar-refractivity contribution in [3.8, 4) is 5.75 Å². The maximum atomic E-state index is 12.0. The Balaban J connectivity index is 1.87. The van der Waals surface area contributed by atoms with Crippen LogP contribution in [0.3, 0.4) is 0 Å². The number of rotatable bonds is 10. The summed E-state index contributed by atoms with van der Waals surface area (Å²) in [7, 11) is 0. The van der Waals surface area contributed by atoms with Gasteiger partial charge in [-0.05, 0) is 47.8 Å². The number of benzene rings is 1. The molecule has 0 bridgehead atoms. The van der Waals surface area contributed by atoms with Gasteiger partial charge in [0, 0.05) is 18.8 Å². The van der Waals surface area contributed by atoms with Crippen LogP contribution in [-0.4, -0.2) is 18.9 Å². The number of carbonyl (C=O) groups is 1. The van der Waals surface area contributed by atoms with Gasteiger partial charge in [0.15, 0.2) is 0 Å². The van der Waals surface area contributed by atoms with Crippen LogP contribution in [0.4, 0.5) is 0 Å². The molecule has 1 aliphatic rings. The maximum Gasteiger partial charge on any atom is 0.311 e. The zero-order valence-electron chi connectivity index (χ0n) is 21.9. The Kier molecular flexibility index (Phi) is 9.78. The first-order chi connectivity index (χ1) is 15.4. The van der Waals surface area contributed by atoms with E-state index in [0.717, 1.165) is 18.6 Å². The smallest absolute Gasteiger partial charge is 0.311 e. The van der Waals surface area contributed by atoms with Crippen molar-refractivity contribution in [3.63, 3.8) is 0 Å². The molecule has 4 heteroatoms. The Labute approximate surface area is 201 Å². The second-order valence-corrected chi connectivity index (χ2v) is 11.5. The van der Waals surface area contributed by atoms with Crippen LogP contribution < -0.4 is 4.74 Å². The van der Waals surface area contributed by atoms with Crippen LogP contribution in [0.5, 0.6) is 5.75 Å². The molecule has 0 saturated carbocycles. The SMILES string of the molecule is CC(C)C(OCCCC(=O)Oc1ccccc1)OC1=CC=C(C(C(C)(C)C)C(C)(C)C)CC1. The molecule has 184 valence electrons. The van der Waals surface area contributed by atoms with Crippen molar-refractivity contribution in [2.45, 2.75) is 87.4 Å². The Morgan fingerprint density at radius 1 is 0.939 bits per heavy atom. The van der Waals surface area contributed by atoms with E-state index >= 15 is 0 Å². The molecular weight excluding hydrogens is 412 g/mol. The molecule has 4 nitrogen and oxygen atoms in total. The van der Waals surface area contributed by atoms with Gasteiger partial charge in [0.25, 0.3) is 0 Å². The third kappa shape index (κ3) is 9.00. The Hall–Kier alpha value is -2.07. The molecule has 0 aliphatic heterocycles. The van der Waals surface area contributed by atoms with E-state index in [1.807, 2.05) is 18.2 Å². The molecule has 2 rings (SSSR count). The molecule has 1 aliphatic carbocycles. The van der Waals surface area contributed by atoms with Gasteiger partial charge >= 0.3 is 5.97 Å². The van der Waals surface area contributed by atoms with Crippen LogP contribution in [-0.2, 0) is 14.3 Å². The van der Waals surface area contributed by atoms with Gasteiger partial charge in [-0.3, -0.25) is 4.79 Å². The average Bonchev–Trinajstić information content (AvgIpc) is 2.70. The van der Waals surface area contributed by atoms with Gasteiger partial charge in [-0.25, -0.2) is 0 Å². The summed E-state index contributed by atoms with van der Waals surface area (Å²) in [4.78, 5) is 12.0. The quantitative estimate of drug-likeness (QED) is 0.157. The summed E-state index contributed by atoms with van der Waals surface area (Å²) in [5, 5.41) is 0.